The Morgan fingerprint density at radius 1 is 0.756 bits per heavy atom. The molecule has 1 aromatic rings. The molecule has 0 radical (unpaired) electrons. The molecular weight excluding hydrogens is 586 g/mol. The van der Waals surface area contributed by atoms with E-state index in [1.165, 1.54) is 134 Å². The van der Waals surface area contributed by atoms with Gasteiger partial charge in [0.1, 0.15) is 16.2 Å². The van der Waals surface area contributed by atoms with Crippen LogP contribution in [0.2, 0.25) is 0 Å². The highest BCUT2D eigenvalue weighted by Gasteiger charge is 2.25. The third-order valence-corrected chi connectivity index (χ3v) is 9.19. The van der Waals surface area contributed by atoms with Gasteiger partial charge in [0, 0.05) is 6.61 Å². The van der Waals surface area contributed by atoms with Crippen LogP contribution in [0.4, 0.5) is 0 Å². The summed E-state index contributed by atoms with van der Waals surface area (Å²) in [4.78, 5) is -0.178. The average molecular weight is 656 g/mol. The molecule has 2 atom stereocenters. The molecule has 2 rings (SSSR count). The zero-order valence-corrected chi connectivity index (χ0v) is 30.6. The molecule has 1 heterocycles. The summed E-state index contributed by atoms with van der Waals surface area (Å²) in [5.41, 5.74) is 0.928. The Kier molecular flexibility index (Phi) is 24.2. The number of unbranched alkanes of at least 4 members (excludes halogenated alkanes) is 17. The maximum absolute atomic E-state index is 10.4. The maximum Gasteiger partial charge on any atom is 0.158 e. The second-order valence-corrected chi connectivity index (χ2v) is 15.4. The predicted molar refractivity (Wildman–Crippen MR) is 185 cm³/mol. The van der Waals surface area contributed by atoms with Crippen molar-refractivity contribution >= 4 is 10.1 Å². The number of quaternary nitrogens is 1. The highest BCUT2D eigenvalue weighted by atomic mass is 32.2. The molecule has 0 bridgehead atoms. The maximum atomic E-state index is 10.4. The summed E-state index contributed by atoms with van der Waals surface area (Å²) >= 11 is 0. The van der Waals surface area contributed by atoms with Gasteiger partial charge in [-0.2, -0.15) is 0 Å². The van der Waals surface area contributed by atoms with Gasteiger partial charge in [-0.15, -0.1) is 0 Å². The Morgan fingerprint density at radius 3 is 1.76 bits per heavy atom. The standard InChI is InChI=1S/C30H62NO3.C7H8O3S/c1-5-6-7-8-9-10-11-12-13-14-15-16-17-18-21-24-30-33-28-29(34-30)27-32-26-23-20-19-22-25-31(2,3)4;1-6-2-4-7(5-3-6)11(8,9)10/h29-30H,5-28H2,1-4H3;2-5H,1H3,(H,8,9,10)/q+1;/p-1/t29-,30-;/m1./s1. The van der Waals surface area contributed by atoms with Crippen LogP contribution < -0.4 is 0 Å². The Morgan fingerprint density at radius 2 is 1.24 bits per heavy atom. The monoisotopic (exact) mass is 655 g/mol. The van der Waals surface area contributed by atoms with Gasteiger partial charge in [0.2, 0.25) is 0 Å². The Bertz CT molecular complexity index is 916. The van der Waals surface area contributed by atoms with Gasteiger partial charge in [-0.25, -0.2) is 8.42 Å². The number of nitrogens with zero attached hydrogens (tertiary/aromatic N) is 1. The first-order chi connectivity index (χ1) is 21.5. The van der Waals surface area contributed by atoms with Crippen LogP contribution in [-0.2, 0) is 24.3 Å². The Labute approximate surface area is 278 Å². The van der Waals surface area contributed by atoms with Gasteiger partial charge in [0.05, 0.1) is 45.8 Å². The van der Waals surface area contributed by atoms with Crippen LogP contribution in [0.1, 0.15) is 141 Å². The van der Waals surface area contributed by atoms with Gasteiger partial charge >= 0.3 is 0 Å². The van der Waals surface area contributed by atoms with E-state index < -0.39 is 10.1 Å². The zero-order chi connectivity index (χ0) is 33.2. The minimum atomic E-state index is -4.27. The van der Waals surface area contributed by atoms with Crippen molar-refractivity contribution in [2.45, 2.75) is 160 Å². The summed E-state index contributed by atoms with van der Waals surface area (Å²) < 4.78 is 49.9. The second kappa shape index (κ2) is 26.0. The fourth-order valence-electron chi connectivity index (χ4n) is 5.49. The molecule has 1 aliphatic heterocycles. The summed E-state index contributed by atoms with van der Waals surface area (Å²) in [7, 11) is 2.52. The number of hydrogen-bond acceptors (Lipinski definition) is 6. The highest BCUT2D eigenvalue weighted by molar-refractivity contribution is 7.85. The molecule has 0 N–H and O–H groups in total. The summed E-state index contributed by atoms with van der Waals surface area (Å²) in [6.07, 6.45) is 27.3. The molecule has 0 spiro atoms. The fraction of sp³-hybridized carbons (Fsp3) is 0.838. The number of ether oxygens (including phenoxy) is 3. The smallest absolute Gasteiger partial charge is 0.158 e. The summed E-state index contributed by atoms with van der Waals surface area (Å²) in [5.74, 6) is 0. The van der Waals surface area contributed by atoms with Gasteiger partial charge < -0.3 is 23.2 Å². The normalized spacial score (nSPS) is 16.9. The third-order valence-electron chi connectivity index (χ3n) is 8.34. The van der Waals surface area contributed by atoms with E-state index in [2.05, 4.69) is 28.1 Å². The Balaban J connectivity index is 0.000000768. The van der Waals surface area contributed by atoms with Crippen molar-refractivity contribution in [3.63, 3.8) is 0 Å². The van der Waals surface area contributed by atoms with E-state index in [4.69, 9.17) is 14.2 Å². The van der Waals surface area contributed by atoms with Crippen LogP contribution in [0, 0.1) is 6.92 Å². The molecule has 1 saturated heterocycles. The quantitative estimate of drug-likeness (QED) is 0.0562. The van der Waals surface area contributed by atoms with Crippen LogP contribution in [0.3, 0.4) is 0 Å². The van der Waals surface area contributed by atoms with Crippen LogP contribution in [0.15, 0.2) is 29.2 Å². The molecular formula is C37H69NO6S. The molecule has 264 valence electrons. The van der Waals surface area contributed by atoms with Crippen LogP contribution in [0.25, 0.3) is 0 Å². The topological polar surface area (TPSA) is 84.9 Å². The minimum Gasteiger partial charge on any atom is -0.744 e. The van der Waals surface area contributed by atoms with Crippen molar-refractivity contribution in [1.29, 1.82) is 0 Å². The number of aryl methyl sites for hydroxylation is 1. The van der Waals surface area contributed by atoms with Crippen molar-refractivity contribution in [1.82, 2.24) is 0 Å². The third kappa shape index (κ3) is 25.7. The molecule has 0 saturated carbocycles. The van der Waals surface area contributed by atoms with Crippen LogP contribution >= 0.6 is 0 Å². The van der Waals surface area contributed by atoms with Crippen LogP contribution in [-0.4, -0.2) is 77.4 Å². The van der Waals surface area contributed by atoms with E-state index in [-0.39, 0.29) is 17.3 Å². The van der Waals surface area contributed by atoms with Crippen molar-refractivity contribution in [3.8, 4) is 0 Å². The molecule has 45 heavy (non-hydrogen) atoms. The summed E-state index contributed by atoms with van der Waals surface area (Å²) in [6.45, 7) is 7.62. The highest BCUT2D eigenvalue weighted by Crippen LogP contribution is 2.19. The molecule has 0 amide bonds. The SMILES string of the molecule is CCCCCCCCCCCCCCCCC[C@@H]1OC[C@@H](COCCCCCC[N+](C)(C)C)O1.Cc1ccc(S(=O)(=O)[O-])cc1. The second-order valence-electron chi connectivity index (χ2n) is 14.0. The first kappa shape index (κ1) is 42.0. The van der Waals surface area contributed by atoms with Crippen molar-refractivity contribution in [2.24, 2.45) is 0 Å². The molecule has 0 unspecified atom stereocenters. The molecule has 7 nitrogen and oxygen atoms in total. The lowest BCUT2D eigenvalue weighted by atomic mass is 10.0. The number of rotatable bonds is 26. The van der Waals surface area contributed by atoms with Crippen molar-refractivity contribution in [2.75, 3.05) is 47.5 Å². The number of hydrogen-bond donors (Lipinski definition) is 0. The summed E-state index contributed by atoms with van der Waals surface area (Å²) in [5, 5.41) is 0. The van der Waals surface area contributed by atoms with Gasteiger partial charge in [0.25, 0.3) is 0 Å². The molecule has 8 heteroatoms. The van der Waals surface area contributed by atoms with Gasteiger partial charge in [-0.3, -0.25) is 0 Å². The first-order valence-electron chi connectivity index (χ1n) is 18.2. The summed E-state index contributed by atoms with van der Waals surface area (Å²) in [6, 6.07) is 5.78. The molecule has 1 aliphatic rings. The predicted octanol–water partition coefficient (Wildman–Crippen LogP) is 9.17. The van der Waals surface area contributed by atoms with E-state index in [0.717, 1.165) is 29.5 Å². The van der Waals surface area contributed by atoms with Crippen molar-refractivity contribution < 1.29 is 31.7 Å². The number of benzene rings is 1. The minimum absolute atomic E-state index is 0.00564. The largest absolute Gasteiger partial charge is 0.744 e. The van der Waals surface area contributed by atoms with E-state index in [1.54, 1.807) is 12.1 Å². The van der Waals surface area contributed by atoms with E-state index in [0.29, 0.717) is 13.2 Å². The van der Waals surface area contributed by atoms with Crippen molar-refractivity contribution in [3.05, 3.63) is 29.8 Å². The van der Waals surface area contributed by atoms with E-state index >= 15 is 0 Å². The van der Waals surface area contributed by atoms with Gasteiger partial charge in [-0.1, -0.05) is 121 Å². The molecule has 0 aromatic heterocycles. The van der Waals surface area contributed by atoms with E-state index in [1.807, 2.05) is 6.92 Å². The van der Waals surface area contributed by atoms with Gasteiger partial charge in [-0.05, 0) is 51.2 Å². The van der Waals surface area contributed by atoms with Crippen LogP contribution in [0.5, 0.6) is 0 Å². The Hall–Kier alpha value is -1.03. The fourth-order valence-corrected chi connectivity index (χ4v) is 5.96. The molecule has 1 fully saturated rings. The van der Waals surface area contributed by atoms with E-state index in [9.17, 15) is 13.0 Å². The molecule has 0 aliphatic carbocycles. The first-order valence-corrected chi connectivity index (χ1v) is 19.6. The lowest BCUT2D eigenvalue weighted by Crippen LogP contribution is -2.35. The lowest BCUT2D eigenvalue weighted by Gasteiger charge is -2.23. The van der Waals surface area contributed by atoms with Gasteiger partial charge in [0.15, 0.2) is 6.29 Å². The lowest BCUT2D eigenvalue weighted by molar-refractivity contribution is -0.870. The molecule has 1 aromatic carbocycles. The average Bonchev–Trinajstić information content (AvgIpc) is 3.43. The zero-order valence-electron chi connectivity index (χ0n) is 29.7.